The Labute approximate surface area is 205 Å². The molecule has 9 nitrogen and oxygen atoms in total. The smallest absolute Gasteiger partial charge is 0.317 e. The van der Waals surface area contributed by atoms with Gasteiger partial charge < -0.3 is 21.1 Å². The van der Waals surface area contributed by atoms with E-state index in [2.05, 4.69) is 10.3 Å². The molecule has 0 aliphatic carbocycles. The molecular weight excluding hydrogens is 483 g/mol. The number of aromatic nitrogens is 2. The molecule has 1 atom stereocenters. The molecule has 0 saturated carbocycles. The molecule has 0 bridgehead atoms. The van der Waals surface area contributed by atoms with E-state index in [1.165, 1.54) is 4.57 Å². The average Bonchev–Trinajstić information content (AvgIpc) is 2.77. The second kappa shape index (κ2) is 10.4. The molecule has 0 spiro atoms. The number of carbonyl (C=O) groups is 2. The van der Waals surface area contributed by atoms with Crippen molar-refractivity contribution in [2.45, 2.75) is 44.7 Å². The van der Waals surface area contributed by atoms with Crippen LogP contribution in [0, 0.1) is 0 Å². The highest BCUT2D eigenvalue weighted by Gasteiger charge is 2.26. The van der Waals surface area contributed by atoms with Crippen LogP contribution in [0.25, 0.3) is 11.0 Å². The van der Waals surface area contributed by atoms with Gasteiger partial charge in [-0.15, -0.1) is 12.4 Å². The van der Waals surface area contributed by atoms with Gasteiger partial charge in [-0.25, -0.2) is 0 Å². The normalized spacial score (nSPS) is 14.5. The molecule has 0 unspecified atom stereocenters. The monoisotopic (exact) mass is 506 g/mol. The van der Waals surface area contributed by atoms with Crippen LogP contribution in [0.2, 0.25) is 5.02 Å². The fraction of sp³-hybridized carbons (Fsp3) is 0.304. The fourth-order valence-electron chi connectivity index (χ4n) is 4.37. The number of aromatic amines is 1. The van der Waals surface area contributed by atoms with Crippen LogP contribution in [-0.2, 0) is 29.0 Å². The number of hydrogen-bond acceptors (Lipinski definition) is 5. The number of H-pyrrole nitrogens is 1. The molecule has 1 aromatic heterocycles. The Morgan fingerprint density at radius 3 is 2.71 bits per heavy atom. The Bertz CT molecular complexity index is 1380. The number of rotatable bonds is 7. The largest absolute Gasteiger partial charge is 0.481 e. The number of nitrogens with zero attached hydrogens (tertiary/aromatic N) is 1. The van der Waals surface area contributed by atoms with E-state index in [4.69, 9.17) is 22.4 Å². The van der Waals surface area contributed by atoms with Crippen molar-refractivity contribution < 1.29 is 14.7 Å². The van der Waals surface area contributed by atoms with Gasteiger partial charge in [-0.05, 0) is 54.2 Å². The van der Waals surface area contributed by atoms with Crippen LogP contribution in [-0.4, -0.2) is 26.5 Å². The number of hydrogen-bond donors (Lipinski definition) is 4. The number of anilines is 1. The average molecular weight is 507 g/mol. The summed E-state index contributed by atoms with van der Waals surface area (Å²) in [6.45, 7) is 0.293. The molecule has 1 aliphatic heterocycles. The Kier molecular flexibility index (Phi) is 7.81. The number of nitrogens with two attached hydrogens (primary N) is 1. The molecule has 180 valence electrons. The summed E-state index contributed by atoms with van der Waals surface area (Å²) < 4.78 is 1.39. The van der Waals surface area contributed by atoms with Gasteiger partial charge >= 0.3 is 17.1 Å². The van der Waals surface area contributed by atoms with Crippen molar-refractivity contribution in [2.75, 3.05) is 5.32 Å². The minimum atomic E-state index is -0.941. The SMILES string of the molecule is Cl.NCc1ccc(NC(=O)C[C@@H]2CCc3cc(Cl)cc4[nH]c(=O)c(=O)n2c34)c(CCC(=O)O)c1. The van der Waals surface area contributed by atoms with Crippen molar-refractivity contribution in [3.05, 3.63) is 72.8 Å². The highest BCUT2D eigenvalue weighted by Crippen LogP contribution is 2.32. The molecule has 2 aromatic carbocycles. The molecule has 3 aromatic rings. The van der Waals surface area contributed by atoms with Gasteiger partial charge in [0.25, 0.3) is 0 Å². The summed E-state index contributed by atoms with van der Waals surface area (Å²) in [4.78, 5) is 51.4. The van der Waals surface area contributed by atoms with Crippen LogP contribution in [0.1, 0.15) is 42.0 Å². The second-order valence-electron chi connectivity index (χ2n) is 8.12. The molecule has 4 rings (SSSR count). The third kappa shape index (κ3) is 5.16. The van der Waals surface area contributed by atoms with Gasteiger partial charge in [-0.1, -0.05) is 23.7 Å². The standard InChI is InChI=1S/C23H23ClN4O5.ClH/c24-15-8-14-2-4-16(28-21(14)18(9-15)27-22(32)23(28)33)10-19(29)26-17-5-1-12(11-25)7-13(17)3-6-20(30)31;/h1,5,7-9,16H,2-4,6,10-11,25H2,(H,26,29)(H,27,32)(H,30,31);1H/t16-;/m0./s1. The predicted octanol–water partition coefficient (Wildman–Crippen LogP) is 2.76. The van der Waals surface area contributed by atoms with E-state index in [1.54, 1.807) is 30.3 Å². The van der Waals surface area contributed by atoms with Gasteiger partial charge in [-0.2, -0.15) is 0 Å². The zero-order valence-corrected chi connectivity index (χ0v) is 19.7. The van der Waals surface area contributed by atoms with Crippen LogP contribution in [0.5, 0.6) is 0 Å². The fourth-order valence-corrected chi connectivity index (χ4v) is 4.61. The van der Waals surface area contributed by atoms with E-state index in [1.807, 2.05) is 0 Å². The number of carboxylic acid groups (broad SMARTS) is 1. The lowest BCUT2D eigenvalue weighted by molar-refractivity contribution is -0.137. The Morgan fingerprint density at radius 1 is 1.24 bits per heavy atom. The van der Waals surface area contributed by atoms with Crippen molar-refractivity contribution in [2.24, 2.45) is 5.73 Å². The molecule has 5 N–H and O–H groups in total. The van der Waals surface area contributed by atoms with Gasteiger partial charge in [0.05, 0.1) is 11.0 Å². The van der Waals surface area contributed by atoms with Crippen LogP contribution in [0.15, 0.2) is 39.9 Å². The molecule has 1 aliphatic rings. The molecule has 0 fully saturated rings. The van der Waals surface area contributed by atoms with E-state index < -0.39 is 23.1 Å². The van der Waals surface area contributed by atoms with E-state index in [0.29, 0.717) is 46.7 Å². The lowest BCUT2D eigenvalue weighted by atomic mass is 9.96. The molecule has 2 heterocycles. The third-order valence-corrected chi connectivity index (χ3v) is 6.09. The molecule has 11 heteroatoms. The first-order chi connectivity index (χ1) is 15.8. The lowest BCUT2D eigenvalue weighted by Gasteiger charge is -2.27. The number of benzene rings is 2. The van der Waals surface area contributed by atoms with Gasteiger partial charge in [0.1, 0.15) is 0 Å². The highest BCUT2D eigenvalue weighted by atomic mass is 35.5. The molecule has 1 amide bonds. The van der Waals surface area contributed by atoms with Crippen LogP contribution in [0.3, 0.4) is 0 Å². The summed E-state index contributed by atoms with van der Waals surface area (Å²) in [6.07, 6.45) is 1.24. The number of aliphatic carboxylic acids is 1. The topological polar surface area (TPSA) is 147 Å². The lowest BCUT2D eigenvalue weighted by Crippen LogP contribution is -2.41. The zero-order chi connectivity index (χ0) is 23.7. The number of amides is 1. The number of nitrogens with one attached hydrogen (secondary N) is 2. The van der Waals surface area contributed by atoms with E-state index in [-0.39, 0.29) is 37.6 Å². The molecule has 0 saturated heterocycles. The van der Waals surface area contributed by atoms with E-state index in [9.17, 15) is 19.2 Å². The first kappa shape index (κ1) is 25.5. The molecular formula is C23H24Cl2N4O5. The van der Waals surface area contributed by atoms with E-state index >= 15 is 0 Å². The van der Waals surface area contributed by atoms with Crippen LogP contribution < -0.4 is 22.2 Å². The summed E-state index contributed by atoms with van der Waals surface area (Å²) in [5.74, 6) is -1.28. The number of carboxylic acids is 1. The Balaban J connectivity index is 0.00000324. The first-order valence-electron chi connectivity index (χ1n) is 10.6. The summed E-state index contributed by atoms with van der Waals surface area (Å²) in [7, 11) is 0. The van der Waals surface area contributed by atoms with Gasteiger partial charge in [-0.3, -0.25) is 23.7 Å². The minimum absolute atomic E-state index is 0. The first-order valence-corrected chi connectivity index (χ1v) is 10.9. The summed E-state index contributed by atoms with van der Waals surface area (Å²) in [5.41, 5.74) is 8.10. The number of halogens is 2. The highest BCUT2D eigenvalue weighted by molar-refractivity contribution is 6.31. The maximum atomic E-state index is 12.9. The number of aryl methyl sites for hydroxylation is 2. The van der Waals surface area contributed by atoms with Crippen molar-refractivity contribution >= 4 is 52.6 Å². The quantitative estimate of drug-likeness (QED) is 0.362. The molecule has 34 heavy (non-hydrogen) atoms. The van der Waals surface area contributed by atoms with Crippen molar-refractivity contribution in [3.63, 3.8) is 0 Å². The van der Waals surface area contributed by atoms with Crippen molar-refractivity contribution in [1.29, 1.82) is 0 Å². The molecule has 0 radical (unpaired) electrons. The van der Waals surface area contributed by atoms with Crippen molar-refractivity contribution in [3.8, 4) is 0 Å². The van der Waals surface area contributed by atoms with E-state index in [0.717, 1.165) is 11.1 Å². The summed E-state index contributed by atoms with van der Waals surface area (Å²) in [6, 6.07) is 8.11. The maximum absolute atomic E-state index is 12.9. The van der Waals surface area contributed by atoms with Crippen LogP contribution in [0.4, 0.5) is 5.69 Å². The van der Waals surface area contributed by atoms with Gasteiger partial charge in [0, 0.05) is 36.1 Å². The zero-order valence-electron chi connectivity index (χ0n) is 18.1. The Hall–Kier alpha value is -3.14. The van der Waals surface area contributed by atoms with Crippen molar-refractivity contribution in [1.82, 2.24) is 9.55 Å². The van der Waals surface area contributed by atoms with Crippen LogP contribution >= 0.6 is 24.0 Å². The summed E-state index contributed by atoms with van der Waals surface area (Å²) >= 11 is 6.15. The second-order valence-corrected chi connectivity index (χ2v) is 8.56. The predicted molar refractivity (Wildman–Crippen MR) is 132 cm³/mol. The van der Waals surface area contributed by atoms with Gasteiger partial charge in [0.15, 0.2) is 0 Å². The third-order valence-electron chi connectivity index (χ3n) is 5.88. The minimum Gasteiger partial charge on any atom is -0.481 e. The number of carbonyl (C=O) groups excluding carboxylic acids is 1. The Morgan fingerprint density at radius 2 is 2.00 bits per heavy atom. The van der Waals surface area contributed by atoms with Gasteiger partial charge in [0.2, 0.25) is 5.91 Å². The summed E-state index contributed by atoms with van der Waals surface area (Å²) in [5, 5.41) is 12.3. The maximum Gasteiger partial charge on any atom is 0.317 e.